The first-order valence-corrected chi connectivity index (χ1v) is 10.5. The van der Waals surface area contributed by atoms with Crippen LogP contribution in [0.4, 0.5) is 11.4 Å². The second-order valence-electron chi connectivity index (χ2n) is 8.84. The highest BCUT2D eigenvalue weighted by molar-refractivity contribution is 6.06. The minimum Gasteiger partial charge on any atom is -0.457 e. The van der Waals surface area contributed by atoms with Crippen molar-refractivity contribution >= 4 is 33.3 Å². The lowest BCUT2D eigenvalue weighted by atomic mass is 9.87. The number of hydrogen-bond donors (Lipinski definition) is 1. The van der Waals surface area contributed by atoms with Gasteiger partial charge in [-0.05, 0) is 65.6 Å². The Bertz CT molecular complexity index is 1340. The van der Waals surface area contributed by atoms with Crippen molar-refractivity contribution in [1.29, 1.82) is 0 Å². The Hall–Kier alpha value is -3.72. The van der Waals surface area contributed by atoms with Gasteiger partial charge in [0, 0.05) is 28.2 Å². The van der Waals surface area contributed by atoms with E-state index in [-0.39, 0.29) is 5.41 Å². The lowest BCUT2D eigenvalue weighted by Gasteiger charge is -2.18. The van der Waals surface area contributed by atoms with Crippen molar-refractivity contribution in [3.8, 4) is 11.5 Å². The fraction of sp³-hybridized carbons (Fsp3) is 0.143. The molecule has 0 saturated carbocycles. The normalized spacial score (nSPS) is 11.7. The van der Waals surface area contributed by atoms with Gasteiger partial charge in [0.25, 0.3) is 0 Å². The van der Waals surface area contributed by atoms with Crippen LogP contribution in [-0.2, 0) is 5.41 Å². The Morgan fingerprint density at radius 2 is 1.26 bits per heavy atom. The van der Waals surface area contributed by atoms with E-state index in [0.29, 0.717) is 0 Å². The first-order chi connectivity index (χ1) is 15.0. The SMILES string of the molecule is CC(C)(C)c1ccc2c(c1)oc1cc(Nc3ccc(Oc4ccccc4)cc3)ccc12. The van der Waals surface area contributed by atoms with Gasteiger partial charge in [0.15, 0.2) is 0 Å². The number of nitrogens with one attached hydrogen (secondary N) is 1. The molecule has 5 rings (SSSR count). The molecule has 0 aliphatic rings. The zero-order valence-electron chi connectivity index (χ0n) is 18.0. The molecule has 0 bridgehead atoms. The van der Waals surface area contributed by atoms with Crippen LogP contribution in [0.15, 0.2) is 95.4 Å². The highest BCUT2D eigenvalue weighted by Crippen LogP contribution is 2.34. The van der Waals surface area contributed by atoms with Gasteiger partial charge in [-0.25, -0.2) is 0 Å². The number of ether oxygens (including phenoxy) is 1. The fourth-order valence-electron chi connectivity index (χ4n) is 3.72. The lowest BCUT2D eigenvalue weighted by Crippen LogP contribution is -2.10. The molecule has 5 aromatic rings. The van der Waals surface area contributed by atoms with Gasteiger partial charge in [0.1, 0.15) is 22.7 Å². The number of para-hydroxylation sites is 1. The van der Waals surface area contributed by atoms with Gasteiger partial charge in [-0.2, -0.15) is 0 Å². The smallest absolute Gasteiger partial charge is 0.137 e. The highest BCUT2D eigenvalue weighted by atomic mass is 16.5. The van der Waals surface area contributed by atoms with Crippen LogP contribution in [-0.4, -0.2) is 0 Å². The Kier molecular flexibility index (Phi) is 4.67. The Labute approximate surface area is 182 Å². The van der Waals surface area contributed by atoms with E-state index in [1.165, 1.54) is 5.56 Å². The van der Waals surface area contributed by atoms with Gasteiger partial charge < -0.3 is 14.5 Å². The van der Waals surface area contributed by atoms with Gasteiger partial charge in [-0.15, -0.1) is 0 Å². The molecule has 0 amide bonds. The van der Waals surface area contributed by atoms with Crippen molar-refractivity contribution in [2.24, 2.45) is 0 Å². The number of furan rings is 1. The summed E-state index contributed by atoms with van der Waals surface area (Å²) >= 11 is 0. The van der Waals surface area contributed by atoms with Crippen molar-refractivity contribution in [2.45, 2.75) is 26.2 Å². The lowest BCUT2D eigenvalue weighted by molar-refractivity contribution is 0.483. The minimum atomic E-state index is 0.0935. The predicted molar refractivity (Wildman–Crippen MR) is 129 cm³/mol. The summed E-state index contributed by atoms with van der Waals surface area (Å²) in [6.07, 6.45) is 0. The second kappa shape index (κ2) is 7.51. The summed E-state index contributed by atoms with van der Waals surface area (Å²) in [7, 11) is 0. The first-order valence-electron chi connectivity index (χ1n) is 10.5. The summed E-state index contributed by atoms with van der Waals surface area (Å²) in [5.74, 6) is 1.63. The van der Waals surface area contributed by atoms with Crippen LogP contribution in [0.5, 0.6) is 11.5 Å². The maximum atomic E-state index is 6.19. The third-order valence-corrected chi connectivity index (χ3v) is 5.46. The molecule has 4 aromatic carbocycles. The molecule has 154 valence electrons. The average Bonchev–Trinajstić information content (AvgIpc) is 3.12. The van der Waals surface area contributed by atoms with E-state index in [9.17, 15) is 0 Å². The topological polar surface area (TPSA) is 34.4 Å². The van der Waals surface area contributed by atoms with Crippen molar-refractivity contribution in [1.82, 2.24) is 0 Å². The largest absolute Gasteiger partial charge is 0.457 e. The van der Waals surface area contributed by atoms with Crippen LogP contribution in [0.25, 0.3) is 21.9 Å². The third-order valence-electron chi connectivity index (χ3n) is 5.46. The molecular formula is C28H25NO2. The molecule has 1 N–H and O–H groups in total. The summed E-state index contributed by atoms with van der Waals surface area (Å²) in [5.41, 5.74) is 5.16. The summed E-state index contributed by atoms with van der Waals surface area (Å²) < 4.78 is 12.1. The van der Waals surface area contributed by atoms with E-state index in [2.05, 4.69) is 62.5 Å². The summed E-state index contributed by atoms with van der Waals surface area (Å²) in [6, 6.07) is 30.5. The number of hydrogen-bond acceptors (Lipinski definition) is 3. The molecule has 0 aliphatic heterocycles. The van der Waals surface area contributed by atoms with Crippen molar-refractivity contribution < 1.29 is 9.15 Å². The number of fused-ring (bicyclic) bond motifs is 3. The van der Waals surface area contributed by atoms with E-state index in [1.54, 1.807) is 0 Å². The van der Waals surface area contributed by atoms with Crippen LogP contribution in [0.1, 0.15) is 26.3 Å². The Morgan fingerprint density at radius 1 is 0.645 bits per heavy atom. The van der Waals surface area contributed by atoms with Gasteiger partial charge in [-0.1, -0.05) is 51.1 Å². The minimum absolute atomic E-state index is 0.0935. The monoisotopic (exact) mass is 407 g/mol. The van der Waals surface area contributed by atoms with E-state index in [0.717, 1.165) is 44.8 Å². The van der Waals surface area contributed by atoms with Gasteiger partial charge in [-0.3, -0.25) is 0 Å². The molecular weight excluding hydrogens is 382 g/mol. The van der Waals surface area contributed by atoms with E-state index < -0.39 is 0 Å². The molecule has 1 aromatic heterocycles. The Balaban J connectivity index is 1.38. The van der Waals surface area contributed by atoms with Crippen LogP contribution < -0.4 is 10.1 Å². The van der Waals surface area contributed by atoms with Crippen LogP contribution in [0, 0.1) is 0 Å². The average molecular weight is 408 g/mol. The van der Waals surface area contributed by atoms with E-state index >= 15 is 0 Å². The standard InChI is InChI=1S/C28H25NO2/c1-28(2,3)19-9-15-24-25-16-12-21(18-27(25)31-26(24)17-19)29-20-10-13-23(14-11-20)30-22-7-5-4-6-8-22/h4-18,29H,1-3H3. The zero-order chi connectivity index (χ0) is 21.4. The van der Waals surface area contributed by atoms with Crippen LogP contribution in [0.3, 0.4) is 0 Å². The van der Waals surface area contributed by atoms with E-state index in [1.807, 2.05) is 54.6 Å². The molecule has 0 radical (unpaired) electrons. The highest BCUT2D eigenvalue weighted by Gasteiger charge is 2.16. The van der Waals surface area contributed by atoms with Crippen molar-refractivity contribution in [2.75, 3.05) is 5.32 Å². The van der Waals surface area contributed by atoms with Gasteiger partial charge in [0.05, 0.1) is 0 Å². The molecule has 3 heteroatoms. The molecule has 0 saturated heterocycles. The van der Waals surface area contributed by atoms with Gasteiger partial charge in [0.2, 0.25) is 0 Å². The number of anilines is 2. The Morgan fingerprint density at radius 3 is 1.97 bits per heavy atom. The summed E-state index contributed by atoms with van der Waals surface area (Å²) in [4.78, 5) is 0. The molecule has 0 unspecified atom stereocenters. The molecule has 0 aliphatic carbocycles. The first kappa shape index (κ1) is 19.3. The number of benzene rings is 4. The van der Waals surface area contributed by atoms with Crippen LogP contribution >= 0.6 is 0 Å². The molecule has 0 fully saturated rings. The molecule has 0 atom stereocenters. The third kappa shape index (κ3) is 3.99. The molecule has 1 heterocycles. The fourth-order valence-corrected chi connectivity index (χ4v) is 3.72. The van der Waals surface area contributed by atoms with E-state index in [4.69, 9.17) is 9.15 Å². The van der Waals surface area contributed by atoms with Gasteiger partial charge >= 0.3 is 0 Å². The zero-order valence-corrected chi connectivity index (χ0v) is 18.0. The van der Waals surface area contributed by atoms with Crippen molar-refractivity contribution in [3.05, 3.63) is 96.6 Å². The van der Waals surface area contributed by atoms with Crippen LogP contribution in [0.2, 0.25) is 0 Å². The predicted octanol–water partition coefficient (Wildman–Crippen LogP) is 8.42. The second-order valence-corrected chi connectivity index (χ2v) is 8.84. The maximum Gasteiger partial charge on any atom is 0.137 e. The maximum absolute atomic E-state index is 6.19. The molecule has 3 nitrogen and oxygen atoms in total. The van der Waals surface area contributed by atoms with Crippen molar-refractivity contribution in [3.63, 3.8) is 0 Å². The quantitative estimate of drug-likeness (QED) is 0.325. The number of rotatable bonds is 4. The summed E-state index contributed by atoms with van der Waals surface area (Å²) in [6.45, 7) is 6.65. The molecule has 0 spiro atoms. The molecule has 31 heavy (non-hydrogen) atoms. The summed E-state index contributed by atoms with van der Waals surface area (Å²) in [5, 5.41) is 5.73.